The molecule has 1 heterocycles. The van der Waals surface area contributed by atoms with Crippen LogP contribution in [0.4, 0.5) is 5.69 Å². The summed E-state index contributed by atoms with van der Waals surface area (Å²) in [5, 5.41) is 3.79. The molecule has 1 aliphatic heterocycles. The number of carbonyl (C=O) groups excluding carboxylic acids is 1. The summed E-state index contributed by atoms with van der Waals surface area (Å²) in [5.74, 6) is -0.0164. The van der Waals surface area contributed by atoms with Crippen LogP contribution in [0.2, 0.25) is 10.0 Å². The van der Waals surface area contributed by atoms with Gasteiger partial charge in [0.2, 0.25) is 5.91 Å². The molecule has 0 bridgehead atoms. The van der Waals surface area contributed by atoms with Gasteiger partial charge >= 0.3 is 0 Å². The van der Waals surface area contributed by atoms with Gasteiger partial charge in [0.15, 0.2) is 0 Å². The zero-order valence-corrected chi connectivity index (χ0v) is 13.8. The van der Waals surface area contributed by atoms with Gasteiger partial charge in [-0.05, 0) is 31.2 Å². The summed E-state index contributed by atoms with van der Waals surface area (Å²) >= 11 is 11.8. The molecule has 0 saturated carbocycles. The largest absolute Gasteiger partial charge is 0.325 e. The van der Waals surface area contributed by atoms with Gasteiger partial charge in [-0.1, -0.05) is 30.1 Å². The minimum atomic E-state index is -0.0164. The highest BCUT2D eigenvalue weighted by molar-refractivity contribution is 6.42. The van der Waals surface area contributed by atoms with Crippen molar-refractivity contribution in [1.82, 2.24) is 9.80 Å². The van der Waals surface area contributed by atoms with Crippen LogP contribution >= 0.6 is 23.2 Å². The summed E-state index contributed by atoms with van der Waals surface area (Å²) in [4.78, 5) is 16.7. The smallest absolute Gasteiger partial charge is 0.238 e. The molecule has 6 heteroatoms. The second-order valence-electron chi connectivity index (χ2n) is 5.29. The van der Waals surface area contributed by atoms with Gasteiger partial charge in [0.1, 0.15) is 0 Å². The first-order valence-electron chi connectivity index (χ1n) is 7.28. The fraction of sp³-hybridized carbons (Fsp3) is 0.533. The lowest BCUT2D eigenvalue weighted by atomic mass is 10.3. The molecule has 0 unspecified atom stereocenters. The van der Waals surface area contributed by atoms with Crippen LogP contribution in [0.25, 0.3) is 0 Å². The van der Waals surface area contributed by atoms with Crippen molar-refractivity contribution in [2.45, 2.75) is 13.3 Å². The number of hydrogen-bond acceptors (Lipinski definition) is 3. The predicted molar refractivity (Wildman–Crippen MR) is 88.3 cm³/mol. The highest BCUT2D eigenvalue weighted by atomic mass is 35.5. The molecule has 21 heavy (non-hydrogen) atoms. The number of nitrogens with zero attached hydrogens (tertiary/aromatic N) is 2. The Balaban J connectivity index is 1.78. The number of rotatable bonds is 5. The number of halogens is 2. The number of benzene rings is 1. The SMILES string of the molecule is CCCN1CCN(CC(=O)Nc2ccc(Cl)c(Cl)c2)CC1. The third-order valence-corrected chi connectivity index (χ3v) is 4.31. The first-order valence-corrected chi connectivity index (χ1v) is 8.03. The molecule has 1 saturated heterocycles. The van der Waals surface area contributed by atoms with Crippen molar-refractivity contribution in [2.75, 3.05) is 44.6 Å². The fourth-order valence-corrected chi connectivity index (χ4v) is 2.76. The van der Waals surface area contributed by atoms with Crippen LogP contribution in [0.3, 0.4) is 0 Å². The van der Waals surface area contributed by atoms with Crippen molar-refractivity contribution >= 4 is 34.8 Å². The maximum Gasteiger partial charge on any atom is 0.238 e. The van der Waals surface area contributed by atoms with Crippen molar-refractivity contribution in [1.29, 1.82) is 0 Å². The minimum absolute atomic E-state index is 0.0164. The Hall–Kier alpha value is -0.810. The van der Waals surface area contributed by atoms with E-state index >= 15 is 0 Å². The summed E-state index contributed by atoms with van der Waals surface area (Å²) in [6.45, 7) is 7.70. The molecule has 0 radical (unpaired) electrons. The van der Waals surface area contributed by atoms with E-state index in [0.717, 1.165) is 32.7 Å². The molecule has 0 aromatic heterocycles. The van der Waals surface area contributed by atoms with Crippen LogP contribution in [-0.4, -0.2) is 55.0 Å². The summed E-state index contributed by atoms with van der Waals surface area (Å²) in [5.41, 5.74) is 0.680. The summed E-state index contributed by atoms with van der Waals surface area (Å²) in [7, 11) is 0. The lowest BCUT2D eigenvalue weighted by Crippen LogP contribution is -2.48. The van der Waals surface area contributed by atoms with E-state index in [2.05, 4.69) is 22.0 Å². The van der Waals surface area contributed by atoms with Crippen LogP contribution in [-0.2, 0) is 4.79 Å². The number of carbonyl (C=O) groups is 1. The monoisotopic (exact) mass is 329 g/mol. The molecule has 1 N–H and O–H groups in total. The molecule has 0 aliphatic carbocycles. The molecule has 4 nitrogen and oxygen atoms in total. The van der Waals surface area contributed by atoms with Gasteiger partial charge in [0.05, 0.1) is 16.6 Å². The minimum Gasteiger partial charge on any atom is -0.325 e. The lowest BCUT2D eigenvalue weighted by molar-refractivity contribution is -0.117. The molecule has 1 aromatic carbocycles. The lowest BCUT2D eigenvalue weighted by Gasteiger charge is -2.34. The zero-order chi connectivity index (χ0) is 15.2. The molecule has 0 spiro atoms. The molecule has 116 valence electrons. The van der Waals surface area contributed by atoms with Crippen molar-refractivity contribution in [3.05, 3.63) is 28.2 Å². The predicted octanol–water partition coefficient (Wildman–Crippen LogP) is 2.96. The highest BCUT2D eigenvalue weighted by Crippen LogP contribution is 2.24. The van der Waals surface area contributed by atoms with E-state index in [1.807, 2.05) is 0 Å². The molecule has 0 atom stereocenters. The Kier molecular flexibility index (Phi) is 6.30. The van der Waals surface area contributed by atoms with Gasteiger partial charge in [-0.15, -0.1) is 0 Å². The number of anilines is 1. The van der Waals surface area contributed by atoms with Crippen molar-refractivity contribution in [3.63, 3.8) is 0 Å². The second-order valence-corrected chi connectivity index (χ2v) is 6.11. The summed E-state index contributed by atoms with van der Waals surface area (Å²) in [6, 6.07) is 5.11. The van der Waals surface area contributed by atoms with Gasteiger partial charge in [-0.2, -0.15) is 0 Å². The molecule has 1 amide bonds. The second kappa shape index (κ2) is 7.99. The van der Waals surface area contributed by atoms with Gasteiger partial charge in [0.25, 0.3) is 0 Å². The normalized spacial score (nSPS) is 16.9. The Bertz CT molecular complexity index is 488. The molecule has 1 aliphatic rings. The standard InChI is InChI=1S/C15H21Cl2N3O/c1-2-5-19-6-8-20(9-7-19)11-15(21)18-12-3-4-13(16)14(17)10-12/h3-4,10H,2,5-9,11H2,1H3,(H,18,21). The molecule has 1 aromatic rings. The van der Waals surface area contributed by atoms with Crippen LogP contribution in [0.15, 0.2) is 18.2 Å². The van der Waals surface area contributed by atoms with Gasteiger partial charge in [-0.25, -0.2) is 0 Å². The van der Waals surface area contributed by atoms with E-state index in [1.165, 1.54) is 6.42 Å². The van der Waals surface area contributed by atoms with Crippen LogP contribution < -0.4 is 5.32 Å². The molecular weight excluding hydrogens is 309 g/mol. The summed E-state index contributed by atoms with van der Waals surface area (Å²) < 4.78 is 0. The third-order valence-electron chi connectivity index (χ3n) is 3.58. The van der Waals surface area contributed by atoms with Crippen LogP contribution in [0.1, 0.15) is 13.3 Å². The molecule has 1 fully saturated rings. The quantitative estimate of drug-likeness (QED) is 0.902. The van der Waals surface area contributed by atoms with Crippen molar-refractivity contribution in [3.8, 4) is 0 Å². The maximum absolute atomic E-state index is 12.0. The first-order chi connectivity index (χ1) is 10.1. The zero-order valence-electron chi connectivity index (χ0n) is 12.2. The van der Waals surface area contributed by atoms with E-state index < -0.39 is 0 Å². The van der Waals surface area contributed by atoms with E-state index in [1.54, 1.807) is 18.2 Å². The van der Waals surface area contributed by atoms with Gasteiger partial charge < -0.3 is 10.2 Å². The van der Waals surface area contributed by atoms with Crippen molar-refractivity contribution in [2.24, 2.45) is 0 Å². The fourth-order valence-electron chi connectivity index (χ4n) is 2.46. The number of piperazine rings is 1. The first kappa shape index (κ1) is 16.6. The van der Waals surface area contributed by atoms with E-state index in [-0.39, 0.29) is 5.91 Å². The van der Waals surface area contributed by atoms with E-state index in [9.17, 15) is 4.79 Å². The summed E-state index contributed by atoms with van der Waals surface area (Å²) in [6.07, 6.45) is 1.18. The van der Waals surface area contributed by atoms with Crippen LogP contribution in [0.5, 0.6) is 0 Å². The molecule has 2 rings (SSSR count). The maximum atomic E-state index is 12.0. The number of amides is 1. The molecular formula is C15H21Cl2N3O. The highest BCUT2D eigenvalue weighted by Gasteiger charge is 2.18. The Morgan fingerprint density at radius 1 is 1.14 bits per heavy atom. The van der Waals surface area contributed by atoms with Crippen molar-refractivity contribution < 1.29 is 4.79 Å². The van der Waals surface area contributed by atoms with E-state index in [0.29, 0.717) is 22.3 Å². The average Bonchev–Trinajstić information content (AvgIpc) is 2.45. The topological polar surface area (TPSA) is 35.6 Å². The van der Waals surface area contributed by atoms with Gasteiger partial charge in [-0.3, -0.25) is 9.69 Å². The Labute approximate surface area is 136 Å². The van der Waals surface area contributed by atoms with Crippen LogP contribution in [0, 0.1) is 0 Å². The number of hydrogen-bond donors (Lipinski definition) is 1. The number of nitrogens with one attached hydrogen (secondary N) is 1. The van der Waals surface area contributed by atoms with E-state index in [4.69, 9.17) is 23.2 Å². The van der Waals surface area contributed by atoms with Gasteiger partial charge in [0, 0.05) is 31.9 Å². The average molecular weight is 330 g/mol. The third kappa shape index (κ3) is 5.15. The Morgan fingerprint density at radius 3 is 2.43 bits per heavy atom. The Morgan fingerprint density at radius 2 is 1.81 bits per heavy atom.